The van der Waals surface area contributed by atoms with Gasteiger partial charge in [0, 0.05) is 0 Å². The van der Waals surface area contributed by atoms with Gasteiger partial charge in [0.1, 0.15) is 11.3 Å². The second kappa shape index (κ2) is 3.14. The molecular formula is C6H5N5O2S. The van der Waals surface area contributed by atoms with Crippen molar-refractivity contribution in [3.63, 3.8) is 0 Å². The Bertz CT molecular complexity index is 476. The molecule has 2 heterocycles. The van der Waals surface area contributed by atoms with E-state index in [1.165, 1.54) is 22.3 Å². The maximum absolute atomic E-state index is 10.5. The number of hydrogen-bond donors (Lipinski definition) is 1. The maximum Gasteiger partial charge on any atom is 0.375 e. The molecule has 0 saturated carbocycles. The average Bonchev–Trinajstić information content (AvgIpc) is 2.70. The van der Waals surface area contributed by atoms with Crippen molar-refractivity contribution in [2.45, 2.75) is 6.92 Å². The molecule has 2 rings (SSSR count). The first-order valence-corrected chi connectivity index (χ1v) is 4.44. The lowest BCUT2D eigenvalue weighted by Crippen LogP contribution is -2.01. The molecule has 0 saturated heterocycles. The van der Waals surface area contributed by atoms with Gasteiger partial charge < -0.3 is 5.11 Å². The smallest absolute Gasteiger partial charge is 0.375 e. The van der Waals surface area contributed by atoms with Crippen molar-refractivity contribution in [1.29, 1.82) is 0 Å². The fraction of sp³-hybridized carbons (Fsp3) is 0.167. The fourth-order valence-electron chi connectivity index (χ4n) is 0.832. The van der Waals surface area contributed by atoms with Gasteiger partial charge in [-0.15, -0.1) is 15.3 Å². The van der Waals surface area contributed by atoms with Crippen LogP contribution in [0.2, 0.25) is 0 Å². The molecule has 14 heavy (non-hydrogen) atoms. The third-order valence-electron chi connectivity index (χ3n) is 1.39. The molecule has 0 aliphatic rings. The number of aryl methyl sites for hydroxylation is 1. The molecule has 0 fully saturated rings. The fourth-order valence-corrected chi connectivity index (χ4v) is 1.44. The molecule has 0 aromatic carbocycles. The minimum Gasteiger partial charge on any atom is -0.475 e. The zero-order valence-corrected chi connectivity index (χ0v) is 7.89. The van der Waals surface area contributed by atoms with Crippen LogP contribution in [0.1, 0.15) is 15.6 Å². The Hall–Kier alpha value is -1.83. The van der Waals surface area contributed by atoms with Crippen LogP contribution in [0.15, 0.2) is 6.33 Å². The molecule has 0 aliphatic carbocycles. The molecule has 2 aromatic rings. The zero-order chi connectivity index (χ0) is 10.1. The van der Waals surface area contributed by atoms with Crippen molar-refractivity contribution in [2.24, 2.45) is 0 Å². The van der Waals surface area contributed by atoms with Gasteiger partial charge in [-0.1, -0.05) is 11.3 Å². The van der Waals surface area contributed by atoms with Gasteiger partial charge in [0.15, 0.2) is 0 Å². The van der Waals surface area contributed by atoms with Crippen LogP contribution in [0.3, 0.4) is 0 Å². The molecule has 0 amide bonds. The van der Waals surface area contributed by atoms with E-state index in [-0.39, 0.29) is 5.82 Å². The summed E-state index contributed by atoms with van der Waals surface area (Å²) in [6.45, 7) is 1.80. The first-order chi connectivity index (χ1) is 6.66. The molecule has 0 atom stereocenters. The van der Waals surface area contributed by atoms with E-state index in [0.29, 0.717) is 5.13 Å². The van der Waals surface area contributed by atoms with E-state index < -0.39 is 5.97 Å². The number of aromatic nitrogens is 5. The number of carbonyl (C=O) groups is 1. The van der Waals surface area contributed by atoms with E-state index in [1.807, 2.05) is 0 Å². The van der Waals surface area contributed by atoms with Crippen LogP contribution in [-0.2, 0) is 0 Å². The van der Waals surface area contributed by atoms with Gasteiger partial charge in [-0.05, 0) is 6.92 Å². The number of hydrogen-bond acceptors (Lipinski definition) is 6. The molecule has 2 aromatic heterocycles. The lowest BCUT2D eigenvalue weighted by Gasteiger charge is -1.88. The molecule has 8 heteroatoms. The Kier molecular flexibility index (Phi) is 1.97. The average molecular weight is 211 g/mol. The predicted molar refractivity (Wildman–Crippen MR) is 46.5 cm³/mol. The summed E-state index contributed by atoms with van der Waals surface area (Å²) in [5, 5.41) is 21.1. The largest absolute Gasteiger partial charge is 0.475 e. The molecule has 0 aliphatic heterocycles. The maximum atomic E-state index is 10.5. The van der Waals surface area contributed by atoms with Gasteiger partial charge in [-0.25, -0.2) is 9.78 Å². The molecule has 72 valence electrons. The van der Waals surface area contributed by atoms with Crippen LogP contribution in [-0.4, -0.2) is 36.0 Å². The summed E-state index contributed by atoms with van der Waals surface area (Å²) in [4.78, 5) is 14.1. The lowest BCUT2D eigenvalue weighted by molar-refractivity contribution is 0.0683. The van der Waals surface area contributed by atoms with E-state index >= 15 is 0 Å². The summed E-state index contributed by atoms with van der Waals surface area (Å²) < 4.78 is 1.29. The van der Waals surface area contributed by atoms with E-state index in [0.717, 1.165) is 5.01 Å². The van der Waals surface area contributed by atoms with E-state index in [4.69, 9.17) is 5.11 Å². The second-order valence-electron chi connectivity index (χ2n) is 2.42. The Morgan fingerprint density at radius 3 is 2.86 bits per heavy atom. The summed E-state index contributed by atoms with van der Waals surface area (Å²) in [6, 6.07) is 0. The monoisotopic (exact) mass is 211 g/mol. The number of nitrogens with zero attached hydrogens (tertiary/aromatic N) is 5. The van der Waals surface area contributed by atoms with Gasteiger partial charge >= 0.3 is 5.97 Å². The molecule has 0 bridgehead atoms. The Morgan fingerprint density at radius 2 is 2.36 bits per heavy atom. The van der Waals surface area contributed by atoms with Gasteiger partial charge in [-0.3, -0.25) is 0 Å². The highest BCUT2D eigenvalue weighted by atomic mass is 32.1. The van der Waals surface area contributed by atoms with Crippen molar-refractivity contribution in [2.75, 3.05) is 0 Å². The third kappa shape index (κ3) is 1.46. The molecule has 0 unspecified atom stereocenters. The summed E-state index contributed by atoms with van der Waals surface area (Å²) in [5.41, 5.74) is 0. The van der Waals surface area contributed by atoms with E-state index in [2.05, 4.69) is 20.3 Å². The highest BCUT2D eigenvalue weighted by Crippen LogP contribution is 2.11. The number of carboxylic acids is 1. The lowest BCUT2D eigenvalue weighted by atomic mass is 10.7. The van der Waals surface area contributed by atoms with E-state index in [1.54, 1.807) is 6.92 Å². The summed E-state index contributed by atoms with van der Waals surface area (Å²) in [7, 11) is 0. The molecule has 0 radical (unpaired) electrons. The van der Waals surface area contributed by atoms with Crippen molar-refractivity contribution in [1.82, 2.24) is 25.0 Å². The van der Waals surface area contributed by atoms with E-state index in [9.17, 15) is 4.79 Å². The Balaban J connectivity index is 2.38. The summed E-state index contributed by atoms with van der Waals surface area (Å²) in [6.07, 6.45) is 1.30. The minimum atomic E-state index is -1.16. The molecule has 7 nitrogen and oxygen atoms in total. The van der Waals surface area contributed by atoms with Gasteiger partial charge in [0.2, 0.25) is 5.13 Å². The van der Waals surface area contributed by atoms with Crippen LogP contribution in [0.25, 0.3) is 5.13 Å². The van der Waals surface area contributed by atoms with Gasteiger partial charge in [-0.2, -0.15) is 4.68 Å². The first kappa shape index (κ1) is 8.75. The van der Waals surface area contributed by atoms with Gasteiger partial charge in [0.25, 0.3) is 5.82 Å². The standard InChI is InChI=1S/C6H5N5O2S/c1-3-8-9-6(14-3)11-2-7-4(10-11)5(12)13/h2H,1H3,(H,12,13). The van der Waals surface area contributed by atoms with Crippen molar-refractivity contribution < 1.29 is 9.90 Å². The SMILES string of the molecule is Cc1nnc(-n2cnc(C(=O)O)n2)s1. The van der Waals surface area contributed by atoms with Crippen molar-refractivity contribution in [3.05, 3.63) is 17.2 Å². The summed E-state index contributed by atoms with van der Waals surface area (Å²) >= 11 is 1.31. The van der Waals surface area contributed by atoms with Crippen LogP contribution < -0.4 is 0 Å². The molecule has 1 N–H and O–H groups in total. The second-order valence-corrected chi connectivity index (χ2v) is 3.58. The first-order valence-electron chi connectivity index (χ1n) is 3.62. The van der Waals surface area contributed by atoms with Crippen LogP contribution in [0.4, 0.5) is 0 Å². The van der Waals surface area contributed by atoms with Crippen LogP contribution in [0, 0.1) is 6.92 Å². The Morgan fingerprint density at radius 1 is 1.57 bits per heavy atom. The minimum absolute atomic E-state index is 0.252. The van der Waals surface area contributed by atoms with Gasteiger partial charge in [0.05, 0.1) is 0 Å². The summed E-state index contributed by atoms with van der Waals surface area (Å²) in [5.74, 6) is -1.41. The predicted octanol–water partition coefficient (Wildman–Crippen LogP) is 0.125. The highest BCUT2D eigenvalue weighted by Gasteiger charge is 2.11. The third-order valence-corrected chi connectivity index (χ3v) is 2.22. The Labute approximate surface area is 82.0 Å². The number of carboxylic acid groups (broad SMARTS) is 1. The normalized spacial score (nSPS) is 10.4. The quantitative estimate of drug-likeness (QED) is 0.758. The zero-order valence-electron chi connectivity index (χ0n) is 7.08. The number of rotatable bonds is 2. The molecular weight excluding hydrogens is 206 g/mol. The number of aromatic carboxylic acids is 1. The van der Waals surface area contributed by atoms with Crippen molar-refractivity contribution in [3.8, 4) is 5.13 Å². The topological polar surface area (TPSA) is 93.8 Å². The van der Waals surface area contributed by atoms with Crippen LogP contribution >= 0.6 is 11.3 Å². The van der Waals surface area contributed by atoms with Crippen LogP contribution in [0.5, 0.6) is 0 Å². The molecule has 0 spiro atoms. The van der Waals surface area contributed by atoms with Crippen molar-refractivity contribution >= 4 is 17.3 Å². The highest BCUT2D eigenvalue weighted by molar-refractivity contribution is 7.13.